The van der Waals surface area contributed by atoms with Gasteiger partial charge in [-0.1, -0.05) is 72.8 Å². The largest absolute Gasteiger partial charge is 0.341 e. The number of nitrogens with zero attached hydrogens (tertiary/aromatic N) is 3. The highest BCUT2D eigenvalue weighted by atomic mass is 16.2. The van der Waals surface area contributed by atoms with E-state index < -0.39 is 0 Å². The van der Waals surface area contributed by atoms with Gasteiger partial charge >= 0.3 is 0 Å². The summed E-state index contributed by atoms with van der Waals surface area (Å²) in [6.45, 7) is 1.28. The number of carbonyl (C=O) groups is 1. The zero-order chi connectivity index (χ0) is 19.3. The van der Waals surface area contributed by atoms with Gasteiger partial charge in [0, 0.05) is 25.4 Å². The first-order valence-corrected chi connectivity index (χ1v) is 9.45. The van der Waals surface area contributed by atoms with Crippen LogP contribution < -0.4 is 0 Å². The summed E-state index contributed by atoms with van der Waals surface area (Å²) in [6.07, 6.45) is 4.25. The molecule has 0 bridgehead atoms. The standard InChI is InChI=1S/C24H23N3O/c1-26(16-20-15-25-27(18-20)17-19-8-3-2-4-9-19)24(28)14-22-12-7-11-21-10-5-6-13-23(21)22/h2-13,15,18H,14,16-17H2,1H3. The molecule has 0 saturated carbocycles. The van der Waals surface area contributed by atoms with Crippen LogP contribution in [0.1, 0.15) is 16.7 Å². The van der Waals surface area contributed by atoms with Crippen molar-refractivity contribution in [2.75, 3.05) is 7.05 Å². The van der Waals surface area contributed by atoms with Crippen molar-refractivity contribution in [1.29, 1.82) is 0 Å². The highest BCUT2D eigenvalue weighted by molar-refractivity contribution is 5.90. The fourth-order valence-electron chi connectivity index (χ4n) is 3.45. The quantitative estimate of drug-likeness (QED) is 0.509. The normalized spacial score (nSPS) is 10.9. The third-order valence-corrected chi connectivity index (χ3v) is 4.94. The molecule has 4 heteroatoms. The average molecular weight is 369 g/mol. The minimum atomic E-state index is 0.104. The maximum atomic E-state index is 12.8. The molecule has 1 amide bonds. The lowest BCUT2D eigenvalue weighted by atomic mass is 10.0. The average Bonchev–Trinajstić information content (AvgIpc) is 3.15. The number of hydrogen-bond donors (Lipinski definition) is 0. The van der Waals surface area contributed by atoms with Gasteiger partial charge in [-0.3, -0.25) is 9.48 Å². The van der Waals surface area contributed by atoms with Crippen molar-refractivity contribution in [1.82, 2.24) is 14.7 Å². The third-order valence-electron chi connectivity index (χ3n) is 4.94. The molecular formula is C24H23N3O. The van der Waals surface area contributed by atoms with Gasteiger partial charge in [-0.05, 0) is 21.9 Å². The number of carbonyl (C=O) groups excluding carboxylic acids is 1. The molecule has 0 radical (unpaired) electrons. The number of fused-ring (bicyclic) bond motifs is 1. The molecule has 0 saturated heterocycles. The molecule has 0 atom stereocenters. The van der Waals surface area contributed by atoms with E-state index in [9.17, 15) is 4.79 Å². The maximum Gasteiger partial charge on any atom is 0.227 e. The van der Waals surface area contributed by atoms with Gasteiger partial charge in [0.1, 0.15) is 0 Å². The molecule has 4 aromatic rings. The molecule has 0 aliphatic rings. The number of amides is 1. The summed E-state index contributed by atoms with van der Waals surface area (Å²) in [4.78, 5) is 14.5. The molecule has 1 heterocycles. The Morgan fingerprint density at radius 2 is 1.68 bits per heavy atom. The number of rotatable bonds is 6. The van der Waals surface area contributed by atoms with Gasteiger partial charge in [0.05, 0.1) is 19.2 Å². The second-order valence-electron chi connectivity index (χ2n) is 7.10. The smallest absolute Gasteiger partial charge is 0.227 e. The van der Waals surface area contributed by atoms with Crippen LogP contribution in [0.2, 0.25) is 0 Å². The van der Waals surface area contributed by atoms with E-state index in [4.69, 9.17) is 0 Å². The second kappa shape index (κ2) is 8.09. The van der Waals surface area contributed by atoms with E-state index in [1.807, 2.05) is 66.6 Å². The highest BCUT2D eigenvalue weighted by Gasteiger charge is 2.13. The molecule has 3 aromatic carbocycles. The van der Waals surface area contributed by atoms with E-state index in [0.717, 1.165) is 28.4 Å². The SMILES string of the molecule is CN(Cc1cnn(Cc2ccccc2)c1)C(=O)Cc1cccc2ccccc12. The zero-order valence-corrected chi connectivity index (χ0v) is 16.0. The van der Waals surface area contributed by atoms with E-state index in [-0.39, 0.29) is 5.91 Å². The fraction of sp³-hybridized carbons (Fsp3) is 0.167. The lowest BCUT2D eigenvalue weighted by molar-refractivity contribution is -0.129. The summed E-state index contributed by atoms with van der Waals surface area (Å²) in [5, 5.41) is 6.73. The summed E-state index contributed by atoms with van der Waals surface area (Å²) in [7, 11) is 1.85. The molecule has 0 N–H and O–H groups in total. The summed E-state index contributed by atoms with van der Waals surface area (Å²) in [5.74, 6) is 0.104. The van der Waals surface area contributed by atoms with E-state index in [2.05, 4.69) is 35.4 Å². The third kappa shape index (κ3) is 4.12. The maximum absolute atomic E-state index is 12.8. The summed E-state index contributed by atoms with van der Waals surface area (Å²) in [5.41, 5.74) is 3.30. The van der Waals surface area contributed by atoms with E-state index in [1.165, 1.54) is 5.56 Å². The minimum Gasteiger partial charge on any atom is -0.341 e. The van der Waals surface area contributed by atoms with E-state index in [0.29, 0.717) is 13.0 Å². The van der Waals surface area contributed by atoms with Gasteiger partial charge in [-0.15, -0.1) is 0 Å². The first kappa shape index (κ1) is 18.0. The van der Waals surface area contributed by atoms with Crippen LogP contribution >= 0.6 is 0 Å². The molecule has 140 valence electrons. The monoisotopic (exact) mass is 369 g/mol. The summed E-state index contributed by atoms with van der Waals surface area (Å²) >= 11 is 0. The van der Waals surface area contributed by atoms with Crippen molar-refractivity contribution < 1.29 is 4.79 Å². The number of aromatic nitrogens is 2. The number of likely N-dealkylation sites (N-methyl/N-ethyl adjacent to an activating group) is 1. The molecule has 1 aromatic heterocycles. The van der Waals surface area contributed by atoms with Crippen LogP contribution in [0.25, 0.3) is 10.8 Å². The topological polar surface area (TPSA) is 38.1 Å². The Kier molecular flexibility index (Phi) is 5.20. The Morgan fingerprint density at radius 1 is 0.929 bits per heavy atom. The lowest BCUT2D eigenvalue weighted by Gasteiger charge is -2.17. The van der Waals surface area contributed by atoms with Gasteiger partial charge in [-0.2, -0.15) is 5.10 Å². The van der Waals surface area contributed by atoms with Crippen LogP contribution in [0.5, 0.6) is 0 Å². The minimum absolute atomic E-state index is 0.104. The van der Waals surface area contributed by atoms with Crippen molar-refractivity contribution in [3.63, 3.8) is 0 Å². The second-order valence-corrected chi connectivity index (χ2v) is 7.10. The van der Waals surface area contributed by atoms with Crippen LogP contribution in [-0.2, 0) is 24.3 Å². The molecule has 0 unspecified atom stereocenters. The van der Waals surface area contributed by atoms with Crippen molar-refractivity contribution >= 4 is 16.7 Å². The van der Waals surface area contributed by atoms with Gasteiger partial charge < -0.3 is 4.90 Å². The van der Waals surface area contributed by atoms with Crippen LogP contribution in [0.3, 0.4) is 0 Å². The predicted molar refractivity (Wildman–Crippen MR) is 112 cm³/mol. The molecule has 0 aliphatic carbocycles. The number of hydrogen-bond acceptors (Lipinski definition) is 2. The molecule has 0 fully saturated rings. The molecule has 28 heavy (non-hydrogen) atoms. The van der Waals surface area contributed by atoms with E-state index in [1.54, 1.807) is 4.90 Å². The Hall–Kier alpha value is -3.40. The van der Waals surface area contributed by atoms with Crippen LogP contribution in [0.4, 0.5) is 0 Å². The Bertz CT molecular complexity index is 1080. The van der Waals surface area contributed by atoms with Crippen molar-refractivity contribution in [3.05, 3.63) is 102 Å². The Morgan fingerprint density at radius 3 is 2.54 bits per heavy atom. The summed E-state index contributed by atoms with van der Waals surface area (Å²) in [6, 6.07) is 24.5. The van der Waals surface area contributed by atoms with Crippen molar-refractivity contribution in [2.45, 2.75) is 19.5 Å². The zero-order valence-electron chi connectivity index (χ0n) is 16.0. The molecule has 0 spiro atoms. The number of benzene rings is 3. The van der Waals surface area contributed by atoms with Gasteiger partial charge in [-0.25, -0.2) is 0 Å². The molecule has 4 nitrogen and oxygen atoms in total. The van der Waals surface area contributed by atoms with Crippen molar-refractivity contribution in [2.24, 2.45) is 0 Å². The van der Waals surface area contributed by atoms with Gasteiger partial charge in [0.15, 0.2) is 0 Å². The van der Waals surface area contributed by atoms with Crippen molar-refractivity contribution in [3.8, 4) is 0 Å². The first-order valence-electron chi connectivity index (χ1n) is 9.45. The molecule has 0 aliphatic heterocycles. The van der Waals surface area contributed by atoms with Crippen LogP contribution in [-0.4, -0.2) is 27.6 Å². The Balaban J connectivity index is 1.41. The molecular weight excluding hydrogens is 346 g/mol. The van der Waals surface area contributed by atoms with Crippen LogP contribution in [0.15, 0.2) is 85.2 Å². The fourth-order valence-corrected chi connectivity index (χ4v) is 3.45. The Labute approximate surface area is 165 Å². The van der Waals surface area contributed by atoms with Gasteiger partial charge in [0.25, 0.3) is 0 Å². The van der Waals surface area contributed by atoms with Crippen LogP contribution in [0, 0.1) is 0 Å². The highest BCUT2D eigenvalue weighted by Crippen LogP contribution is 2.19. The first-order chi connectivity index (χ1) is 13.7. The predicted octanol–water partition coefficient (Wildman–Crippen LogP) is 4.29. The van der Waals surface area contributed by atoms with Gasteiger partial charge in [0.2, 0.25) is 5.91 Å². The van der Waals surface area contributed by atoms with E-state index >= 15 is 0 Å². The molecule has 4 rings (SSSR count). The summed E-state index contributed by atoms with van der Waals surface area (Å²) < 4.78 is 1.91. The lowest BCUT2D eigenvalue weighted by Crippen LogP contribution is -2.27.